The molecule has 4 rings (SSSR count). The van der Waals surface area contributed by atoms with Crippen LogP contribution in [0.5, 0.6) is 23.0 Å². The lowest BCUT2D eigenvalue weighted by molar-refractivity contribution is -0.114. The minimum Gasteiger partial charge on any atom is -0.454 e. The third-order valence-electron chi connectivity index (χ3n) is 3.67. The first kappa shape index (κ1) is 15.8. The summed E-state index contributed by atoms with van der Waals surface area (Å²) in [6.07, 6.45) is 2.29. The number of nitrogens with one attached hydrogen (secondary N) is 2. The summed E-state index contributed by atoms with van der Waals surface area (Å²) in [6.45, 7) is 0.319. The van der Waals surface area contributed by atoms with Crippen LogP contribution in [-0.4, -0.2) is 25.4 Å². The molecule has 8 heteroatoms. The molecule has 0 aliphatic carbocycles. The lowest BCUT2D eigenvalue weighted by Crippen LogP contribution is -2.12. The highest BCUT2D eigenvalue weighted by Crippen LogP contribution is 2.35. The fourth-order valence-corrected chi connectivity index (χ4v) is 2.47. The molecule has 2 N–H and O–H groups in total. The normalized spacial score (nSPS) is 13.7. The third-order valence-corrected chi connectivity index (χ3v) is 3.67. The van der Waals surface area contributed by atoms with E-state index < -0.39 is 11.8 Å². The Labute approximate surface area is 148 Å². The van der Waals surface area contributed by atoms with E-state index >= 15 is 0 Å². The van der Waals surface area contributed by atoms with Crippen LogP contribution in [0.25, 0.3) is 0 Å². The number of carbonyl (C=O) groups excluding carboxylic acids is 2. The maximum atomic E-state index is 11.9. The smallest absolute Gasteiger partial charge is 0.248 e. The van der Waals surface area contributed by atoms with Crippen molar-refractivity contribution in [1.82, 2.24) is 0 Å². The number of benzene rings is 2. The number of amides is 2. The number of carbonyl (C=O) groups is 2. The largest absolute Gasteiger partial charge is 0.454 e. The van der Waals surface area contributed by atoms with Crippen LogP contribution in [0.4, 0.5) is 11.4 Å². The second-order valence-corrected chi connectivity index (χ2v) is 5.45. The van der Waals surface area contributed by atoms with Gasteiger partial charge in [-0.05, 0) is 24.3 Å². The van der Waals surface area contributed by atoms with Gasteiger partial charge in [-0.3, -0.25) is 9.59 Å². The summed E-state index contributed by atoms with van der Waals surface area (Å²) in [4.78, 5) is 23.9. The number of anilines is 2. The van der Waals surface area contributed by atoms with E-state index in [1.54, 1.807) is 36.4 Å². The lowest BCUT2D eigenvalue weighted by atomic mass is 10.2. The molecule has 2 aromatic rings. The average molecular weight is 354 g/mol. The van der Waals surface area contributed by atoms with Crippen LogP contribution in [-0.2, 0) is 9.59 Å². The molecule has 0 radical (unpaired) electrons. The molecule has 2 amide bonds. The molecular weight excluding hydrogens is 340 g/mol. The monoisotopic (exact) mass is 354 g/mol. The van der Waals surface area contributed by atoms with Gasteiger partial charge in [0, 0.05) is 35.7 Å². The highest BCUT2D eigenvalue weighted by atomic mass is 16.7. The highest BCUT2D eigenvalue weighted by molar-refractivity contribution is 6.07. The first-order chi connectivity index (χ1) is 12.7. The first-order valence-corrected chi connectivity index (χ1v) is 7.77. The predicted molar refractivity (Wildman–Crippen MR) is 91.5 cm³/mol. The van der Waals surface area contributed by atoms with Crippen LogP contribution in [0.3, 0.4) is 0 Å². The van der Waals surface area contributed by atoms with Crippen LogP contribution < -0.4 is 29.6 Å². The summed E-state index contributed by atoms with van der Waals surface area (Å²) in [6, 6.07) is 10.1. The summed E-state index contributed by atoms with van der Waals surface area (Å²) in [5, 5.41) is 5.29. The highest BCUT2D eigenvalue weighted by Gasteiger charge is 2.15. The van der Waals surface area contributed by atoms with E-state index in [-0.39, 0.29) is 13.6 Å². The van der Waals surface area contributed by atoms with E-state index in [0.717, 1.165) is 12.2 Å². The van der Waals surface area contributed by atoms with Crippen molar-refractivity contribution in [3.63, 3.8) is 0 Å². The van der Waals surface area contributed by atoms with Crippen molar-refractivity contribution in [2.24, 2.45) is 0 Å². The summed E-state index contributed by atoms with van der Waals surface area (Å²) in [5.41, 5.74) is 1.08. The number of fused-ring (bicyclic) bond motifs is 2. The van der Waals surface area contributed by atoms with E-state index in [1.807, 2.05) is 0 Å². The molecule has 0 atom stereocenters. The number of rotatable bonds is 4. The second kappa shape index (κ2) is 6.67. The fraction of sp³-hybridized carbons (Fsp3) is 0.111. The van der Waals surface area contributed by atoms with Gasteiger partial charge in [0.05, 0.1) is 0 Å². The average Bonchev–Trinajstić information content (AvgIpc) is 3.28. The Kier molecular flexibility index (Phi) is 4.06. The zero-order valence-corrected chi connectivity index (χ0v) is 13.5. The van der Waals surface area contributed by atoms with Crippen LogP contribution in [0.15, 0.2) is 48.6 Å². The Bertz CT molecular complexity index is 835. The molecular formula is C18H14N2O6. The lowest BCUT2D eigenvalue weighted by Gasteiger charge is -2.04. The van der Waals surface area contributed by atoms with Crippen molar-refractivity contribution in [3.05, 3.63) is 48.6 Å². The molecule has 0 bridgehead atoms. The molecule has 8 nitrogen and oxygen atoms in total. The van der Waals surface area contributed by atoms with Crippen LogP contribution in [0.2, 0.25) is 0 Å². The maximum absolute atomic E-state index is 11.9. The van der Waals surface area contributed by atoms with Gasteiger partial charge in [-0.15, -0.1) is 0 Å². The van der Waals surface area contributed by atoms with E-state index in [9.17, 15) is 9.59 Å². The van der Waals surface area contributed by atoms with Crippen molar-refractivity contribution >= 4 is 23.2 Å². The molecule has 2 aromatic carbocycles. The Hall–Kier alpha value is -3.68. The van der Waals surface area contributed by atoms with Gasteiger partial charge in [0.2, 0.25) is 25.4 Å². The van der Waals surface area contributed by atoms with Gasteiger partial charge in [0.25, 0.3) is 0 Å². The third kappa shape index (κ3) is 3.39. The zero-order chi connectivity index (χ0) is 17.9. The molecule has 0 aromatic heterocycles. The topological polar surface area (TPSA) is 95.1 Å². The SMILES string of the molecule is O=C(/C=C/C(=O)Nc1ccc2c(c1)OCO2)Nc1ccc2c(c1)OCO2. The predicted octanol–water partition coefficient (Wildman–Crippen LogP) is 2.28. The molecule has 0 saturated heterocycles. The second-order valence-electron chi connectivity index (χ2n) is 5.45. The van der Waals surface area contributed by atoms with Gasteiger partial charge < -0.3 is 29.6 Å². The molecule has 0 fully saturated rings. The van der Waals surface area contributed by atoms with Gasteiger partial charge in [-0.2, -0.15) is 0 Å². The van der Waals surface area contributed by atoms with E-state index in [0.29, 0.717) is 34.4 Å². The molecule has 2 aliphatic heterocycles. The van der Waals surface area contributed by atoms with Gasteiger partial charge in [0.15, 0.2) is 23.0 Å². The van der Waals surface area contributed by atoms with Crippen LogP contribution >= 0.6 is 0 Å². The molecule has 0 spiro atoms. The maximum Gasteiger partial charge on any atom is 0.248 e. The Morgan fingerprint density at radius 3 is 1.58 bits per heavy atom. The van der Waals surface area contributed by atoms with Gasteiger partial charge in [0.1, 0.15) is 0 Å². The summed E-state index contributed by atoms with van der Waals surface area (Å²) in [7, 11) is 0. The van der Waals surface area contributed by atoms with Gasteiger partial charge in [-0.1, -0.05) is 0 Å². The minimum atomic E-state index is -0.440. The number of ether oxygens (including phenoxy) is 4. The standard InChI is InChI=1S/C18H14N2O6/c21-17(19-11-1-3-13-15(7-11)25-9-23-13)5-6-18(22)20-12-2-4-14-16(8-12)26-10-24-14/h1-8H,9-10H2,(H,19,21)(H,20,22)/b6-5+. The molecule has 0 saturated carbocycles. The number of hydrogen-bond donors (Lipinski definition) is 2. The number of hydrogen-bond acceptors (Lipinski definition) is 6. The first-order valence-electron chi connectivity index (χ1n) is 7.77. The minimum absolute atomic E-state index is 0.159. The van der Waals surface area contributed by atoms with Crippen molar-refractivity contribution in [2.75, 3.05) is 24.2 Å². The Morgan fingerprint density at radius 2 is 1.12 bits per heavy atom. The van der Waals surface area contributed by atoms with Crippen molar-refractivity contribution in [1.29, 1.82) is 0 Å². The Balaban J connectivity index is 1.33. The molecule has 2 heterocycles. The summed E-state index contributed by atoms with van der Waals surface area (Å²) < 4.78 is 20.9. The van der Waals surface area contributed by atoms with E-state index in [2.05, 4.69) is 10.6 Å². The Morgan fingerprint density at radius 1 is 0.692 bits per heavy atom. The van der Waals surface area contributed by atoms with Gasteiger partial charge in [-0.25, -0.2) is 0 Å². The van der Waals surface area contributed by atoms with Crippen LogP contribution in [0.1, 0.15) is 0 Å². The van der Waals surface area contributed by atoms with Crippen molar-refractivity contribution < 1.29 is 28.5 Å². The van der Waals surface area contributed by atoms with Crippen LogP contribution in [0, 0.1) is 0 Å². The summed E-state index contributed by atoms with van der Waals surface area (Å²) in [5.74, 6) is 1.50. The molecule has 2 aliphatic rings. The van der Waals surface area contributed by atoms with E-state index in [4.69, 9.17) is 18.9 Å². The fourth-order valence-electron chi connectivity index (χ4n) is 2.47. The van der Waals surface area contributed by atoms with Gasteiger partial charge >= 0.3 is 0 Å². The quantitative estimate of drug-likeness (QED) is 0.818. The zero-order valence-electron chi connectivity index (χ0n) is 13.5. The van der Waals surface area contributed by atoms with Crippen molar-refractivity contribution in [2.45, 2.75) is 0 Å². The van der Waals surface area contributed by atoms with E-state index in [1.165, 1.54) is 0 Å². The molecule has 0 unspecified atom stereocenters. The van der Waals surface area contributed by atoms with Crippen molar-refractivity contribution in [3.8, 4) is 23.0 Å². The summed E-state index contributed by atoms with van der Waals surface area (Å²) >= 11 is 0. The molecule has 26 heavy (non-hydrogen) atoms. The molecule has 132 valence electrons.